The van der Waals surface area contributed by atoms with Gasteiger partial charge in [0.25, 0.3) is 0 Å². The summed E-state index contributed by atoms with van der Waals surface area (Å²) >= 11 is 0. The molecule has 1 heterocycles. The highest BCUT2D eigenvalue weighted by molar-refractivity contribution is 5.82. The van der Waals surface area contributed by atoms with Crippen LogP contribution in [0.1, 0.15) is 12.6 Å². The number of carboxylic acid groups (broad SMARTS) is 1. The molecule has 0 aromatic carbocycles. The van der Waals surface area contributed by atoms with Crippen LogP contribution < -0.4 is 10.6 Å². The van der Waals surface area contributed by atoms with Crippen molar-refractivity contribution in [3.63, 3.8) is 0 Å². The van der Waals surface area contributed by atoms with E-state index in [4.69, 9.17) is 9.84 Å². The number of rotatable bonds is 8. The summed E-state index contributed by atoms with van der Waals surface area (Å²) in [5.41, 5.74) is 0.644. The second-order valence-corrected chi connectivity index (χ2v) is 4.59. The maximum atomic E-state index is 11.6. The number of hydrogen-bond donors (Lipinski definition) is 4. The van der Waals surface area contributed by atoms with Crippen molar-refractivity contribution in [1.82, 2.24) is 20.6 Å². The van der Waals surface area contributed by atoms with Crippen LogP contribution in [0.2, 0.25) is 0 Å². The van der Waals surface area contributed by atoms with E-state index in [1.54, 1.807) is 7.11 Å². The van der Waals surface area contributed by atoms with Gasteiger partial charge in [0.1, 0.15) is 6.04 Å². The number of ether oxygens (including phenoxy) is 1. The van der Waals surface area contributed by atoms with Gasteiger partial charge in [-0.15, -0.1) is 0 Å². The van der Waals surface area contributed by atoms with Crippen LogP contribution in [0.4, 0.5) is 4.79 Å². The Morgan fingerprint density at radius 2 is 2.30 bits per heavy atom. The normalized spacial score (nSPS) is 13.5. The first-order valence-electron chi connectivity index (χ1n) is 6.26. The van der Waals surface area contributed by atoms with Crippen LogP contribution in [0.5, 0.6) is 0 Å². The molecule has 0 aliphatic carbocycles. The fourth-order valence-corrected chi connectivity index (χ4v) is 1.64. The second kappa shape index (κ2) is 8.16. The van der Waals surface area contributed by atoms with Crippen molar-refractivity contribution in [3.8, 4) is 0 Å². The van der Waals surface area contributed by atoms with E-state index in [1.165, 1.54) is 12.5 Å². The van der Waals surface area contributed by atoms with E-state index in [2.05, 4.69) is 20.6 Å². The summed E-state index contributed by atoms with van der Waals surface area (Å²) < 4.78 is 4.95. The zero-order chi connectivity index (χ0) is 15.0. The van der Waals surface area contributed by atoms with Crippen molar-refractivity contribution in [3.05, 3.63) is 18.2 Å². The molecule has 0 radical (unpaired) electrons. The Morgan fingerprint density at radius 3 is 2.85 bits per heavy atom. The monoisotopic (exact) mass is 284 g/mol. The third-order valence-electron chi connectivity index (χ3n) is 2.64. The molecule has 0 saturated carbocycles. The molecular weight excluding hydrogens is 264 g/mol. The summed E-state index contributed by atoms with van der Waals surface area (Å²) in [5.74, 6) is -0.943. The molecule has 20 heavy (non-hydrogen) atoms. The Balaban J connectivity index is 2.41. The number of aliphatic carboxylic acids is 1. The third-order valence-corrected chi connectivity index (χ3v) is 2.64. The molecule has 0 saturated heterocycles. The van der Waals surface area contributed by atoms with Crippen molar-refractivity contribution in [2.45, 2.75) is 19.4 Å². The fraction of sp³-hybridized carbons (Fsp3) is 0.583. The number of aromatic nitrogens is 2. The molecule has 0 fully saturated rings. The van der Waals surface area contributed by atoms with Crippen LogP contribution in [0.15, 0.2) is 12.5 Å². The van der Waals surface area contributed by atoms with Gasteiger partial charge in [0.15, 0.2) is 0 Å². The van der Waals surface area contributed by atoms with Gasteiger partial charge < -0.3 is 25.5 Å². The first-order chi connectivity index (χ1) is 9.52. The van der Waals surface area contributed by atoms with Gasteiger partial charge >= 0.3 is 12.0 Å². The Labute approximate surface area is 116 Å². The number of carbonyl (C=O) groups excluding carboxylic acids is 1. The summed E-state index contributed by atoms with van der Waals surface area (Å²) in [5, 5.41) is 14.1. The van der Waals surface area contributed by atoms with Crippen molar-refractivity contribution >= 4 is 12.0 Å². The van der Waals surface area contributed by atoms with E-state index >= 15 is 0 Å². The zero-order valence-corrected chi connectivity index (χ0v) is 11.5. The Kier molecular flexibility index (Phi) is 6.51. The van der Waals surface area contributed by atoms with Gasteiger partial charge in [-0.3, -0.25) is 0 Å². The lowest BCUT2D eigenvalue weighted by atomic mass is 10.1. The molecule has 0 spiro atoms. The lowest BCUT2D eigenvalue weighted by Gasteiger charge is -2.16. The Morgan fingerprint density at radius 1 is 1.55 bits per heavy atom. The minimum Gasteiger partial charge on any atom is -0.480 e. The van der Waals surface area contributed by atoms with E-state index in [0.717, 1.165) is 0 Å². The number of imidazole rings is 1. The first-order valence-corrected chi connectivity index (χ1v) is 6.26. The lowest BCUT2D eigenvalue weighted by Crippen LogP contribution is -2.48. The van der Waals surface area contributed by atoms with E-state index in [9.17, 15) is 9.59 Å². The number of hydrogen-bond acceptors (Lipinski definition) is 4. The van der Waals surface area contributed by atoms with E-state index in [1.807, 2.05) is 6.92 Å². The molecule has 0 bridgehead atoms. The SMILES string of the molecule is COCC(C)CNC(=O)N[C@@H](Cc1cnc[nH]1)C(=O)O. The van der Waals surface area contributed by atoms with Gasteiger partial charge in [-0.2, -0.15) is 0 Å². The summed E-state index contributed by atoms with van der Waals surface area (Å²) in [6, 6.07) is -1.52. The molecule has 0 aliphatic heterocycles. The van der Waals surface area contributed by atoms with E-state index in [-0.39, 0.29) is 12.3 Å². The molecule has 0 aliphatic rings. The number of amides is 2. The molecule has 1 rings (SSSR count). The van der Waals surface area contributed by atoms with Crippen LogP contribution in [-0.4, -0.2) is 53.4 Å². The number of nitrogens with one attached hydrogen (secondary N) is 3. The van der Waals surface area contributed by atoms with Crippen LogP contribution in [0.25, 0.3) is 0 Å². The molecule has 112 valence electrons. The largest absolute Gasteiger partial charge is 0.480 e. The minimum atomic E-state index is -1.10. The smallest absolute Gasteiger partial charge is 0.326 e. The molecule has 8 nitrogen and oxygen atoms in total. The van der Waals surface area contributed by atoms with Crippen LogP contribution in [0.3, 0.4) is 0 Å². The summed E-state index contributed by atoms with van der Waals surface area (Å²) in [7, 11) is 1.58. The third kappa shape index (κ3) is 5.70. The molecule has 1 aromatic heterocycles. The van der Waals surface area contributed by atoms with Crippen molar-refractivity contribution in [2.75, 3.05) is 20.3 Å². The predicted octanol–water partition coefficient (Wildman–Crippen LogP) is -0.0129. The van der Waals surface area contributed by atoms with Crippen molar-refractivity contribution in [2.24, 2.45) is 5.92 Å². The molecule has 4 N–H and O–H groups in total. The first kappa shape index (κ1) is 16.0. The van der Waals surface area contributed by atoms with E-state index < -0.39 is 18.0 Å². The molecule has 1 unspecified atom stereocenters. The topological polar surface area (TPSA) is 116 Å². The van der Waals surface area contributed by atoms with E-state index in [0.29, 0.717) is 18.8 Å². The molecule has 8 heteroatoms. The van der Waals surface area contributed by atoms with Crippen molar-refractivity contribution < 1.29 is 19.4 Å². The average molecular weight is 284 g/mol. The van der Waals surface area contributed by atoms with Crippen LogP contribution >= 0.6 is 0 Å². The maximum Gasteiger partial charge on any atom is 0.326 e. The number of urea groups is 1. The fourth-order valence-electron chi connectivity index (χ4n) is 1.64. The molecule has 1 aromatic rings. The number of aromatic amines is 1. The molecule has 2 amide bonds. The summed E-state index contributed by atoms with van der Waals surface area (Å²) in [6.07, 6.45) is 3.13. The highest BCUT2D eigenvalue weighted by Crippen LogP contribution is 1.99. The highest BCUT2D eigenvalue weighted by atomic mass is 16.5. The highest BCUT2D eigenvalue weighted by Gasteiger charge is 2.21. The second-order valence-electron chi connectivity index (χ2n) is 4.59. The Bertz CT molecular complexity index is 421. The number of H-pyrrole nitrogens is 1. The number of carboxylic acids is 1. The minimum absolute atomic E-state index is 0.149. The van der Waals surface area contributed by atoms with Gasteiger partial charge in [-0.25, -0.2) is 14.6 Å². The number of methoxy groups -OCH3 is 1. The molecule has 2 atom stereocenters. The summed E-state index contributed by atoms with van der Waals surface area (Å²) in [4.78, 5) is 29.4. The van der Waals surface area contributed by atoms with Gasteiger partial charge in [0, 0.05) is 32.0 Å². The van der Waals surface area contributed by atoms with Crippen LogP contribution in [0, 0.1) is 5.92 Å². The van der Waals surface area contributed by atoms with Crippen molar-refractivity contribution in [1.29, 1.82) is 0 Å². The standard InChI is InChI=1S/C12H20N4O4/c1-8(6-20-2)4-14-12(19)16-10(11(17)18)3-9-5-13-7-15-9/h5,7-8,10H,3-4,6H2,1-2H3,(H,13,15)(H,17,18)(H2,14,16,19)/t8?,10-/m0/s1. The van der Waals surface area contributed by atoms with Gasteiger partial charge in [-0.1, -0.05) is 6.92 Å². The average Bonchev–Trinajstić information content (AvgIpc) is 2.89. The van der Waals surface area contributed by atoms with Crippen LogP contribution in [-0.2, 0) is 16.0 Å². The van der Waals surface area contributed by atoms with Gasteiger partial charge in [0.05, 0.1) is 12.9 Å². The lowest BCUT2D eigenvalue weighted by molar-refractivity contribution is -0.139. The zero-order valence-electron chi connectivity index (χ0n) is 11.5. The quantitative estimate of drug-likeness (QED) is 0.535. The maximum absolute atomic E-state index is 11.6. The van der Waals surface area contributed by atoms with Gasteiger partial charge in [0.2, 0.25) is 0 Å². The number of carbonyl (C=O) groups is 2. The molecular formula is C12H20N4O4. The number of nitrogens with zero attached hydrogens (tertiary/aromatic N) is 1. The van der Waals surface area contributed by atoms with Gasteiger partial charge in [-0.05, 0) is 5.92 Å². The Hall–Kier alpha value is -2.09. The predicted molar refractivity (Wildman–Crippen MR) is 71.3 cm³/mol. The summed E-state index contributed by atoms with van der Waals surface area (Å²) in [6.45, 7) is 2.86.